The van der Waals surface area contributed by atoms with Crippen molar-refractivity contribution in [2.24, 2.45) is 0 Å². The maximum absolute atomic E-state index is 12.7. The highest BCUT2D eigenvalue weighted by Gasteiger charge is 2.55. The zero-order chi connectivity index (χ0) is 23.8. The van der Waals surface area contributed by atoms with Gasteiger partial charge in [-0.15, -0.1) is 0 Å². The molecule has 0 bridgehead atoms. The van der Waals surface area contributed by atoms with Gasteiger partial charge in [-0.3, -0.25) is 9.52 Å². The third kappa shape index (κ3) is 5.57. The van der Waals surface area contributed by atoms with Crippen molar-refractivity contribution in [1.29, 1.82) is 0 Å². The number of carbonyl (C=O) groups excluding carboxylic acids is 1. The fourth-order valence-electron chi connectivity index (χ4n) is 1.96. The average molecular weight is 492 g/mol. The first-order chi connectivity index (χ1) is 13.9. The fourth-order valence-corrected chi connectivity index (χ4v) is 3.28. The van der Waals surface area contributed by atoms with Gasteiger partial charge in [0.05, 0.1) is 21.2 Å². The number of rotatable bonds is 5. The minimum atomic E-state index is -5.29. The average Bonchev–Trinajstić information content (AvgIpc) is 2.61. The number of nitrogens with zero attached hydrogens (tertiary/aromatic N) is 1. The number of hydrogen-bond donors (Lipinski definition) is 3. The molecule has 0 saturated carbocycles. The standard InChI is InChI=1S/C16H12ClF6N3O4S/c1-14(28,16(21,22)23)13(27)25-11-4-3-9(6-10(11)17)31(29,30)26-12-5-2-8(7-24-12)15(18,19)20/h2-7,28H,1H3,(H,24,26)(H,25,27)/t14-/m1/s1. The molecule has 1 aromatic heterocycles. The Labute approximate surface area is 176 Å². The molecule has 0 fully saturated rings. The second-order valence-electron chi connectivity index (χ2n) is 6.20. The number of carbonyl (C=O) groups is 1. The Morgan fingerprint density at radius 2 is 1.71 bits per heavy atom. The van der Waals surface area contributed by atoms with Crippen LogP contribution in [-0.2, 0) is 21.0 Å². The molecule has 0 radical (unpaired) electrons. The molecule has 0 unspecified atom stereocenters. The van der Waals surface area contributed by atoms with Gasteiger partial charge in [-0.05, 0) is 37.3 Å². The predicted octanol–water partition coefficient (Wildman–Crippen LogP) is 3.81. The number of aliphatic hydroxyl groups is 1. The minimum absolute atomic E-state index is 0.218. The van der Waals surface area contributed by atoms with E-state index in [2.05, 4.69) is 4.98 Å². The number of benzene rings is 1. The molecule has 0 aliphatic rings. The van der Waals surface area contributed by atoms with Gasteiger partial charge in [-0.1, -0.05) is 11.6 Å². The van der Waals surface area contributed by atoms with E-state index in [4.69, 9.17) is 11.6 Å². The summed E-state index contributed by atoms with van der Waals surface area (Å²) in [5.74, 6) is -2.30. The lowest BCUT2D eigenvalue weighted by Gasteiger charge is -2.25. The molecule has 1 aromatic carbocycles. The van der Waals surface area contributed by atoms with E-state index in [9.17, 15) is 44.7 Å². The van der Waals surface area contributed by atoms with Crippen molar-refractivity contribution < 1.29 is 44.7 Å². The number of alkyl halides is 6. The number of sulfonamides is 1. The molecule has 1 atom stereocenters. The van der Waals surface area contributed by atoms with Gasteiger partial charge < -0.3 is 10.4 Å². The molecular weight excluding hydrogens is 480 g/mol. The van der Waals surface area contributed by atoms with Crippen molar-refractivity contribution in [2.75, 3.05) is 10.0 Å². The SMILES string of the molecule is C[C@@](O)(C(=O)Nc1ccc(S(=O)(=O)Nc2ccc(C(F)(F)F)cn2)cc1Cl)C(F)(F)F. The zero-order valence-corrected chi connectivity index (χ0v) is 16.7. The first-order valence-electron chi connectivity index (χ1n) is 7.91. The highest BCUT2D eigenvalue weighted by molar-refractivity contribution is 7.92. The van der Waals surface area contributed by atoms with Crippen LogP contribution in [0.2, 0.25) is 5.02 Å². The highest BCUT2D eigenvalue weighted by atomic mass is 35.5. The normalized spacial score (nSPS) is 14.6. The molecule has 1 heterocycles. The number of pyridine rings is 1. The van der Waals surface area contributed by atoms with Crippen LogP contribution >= 0.6 is 11.6 Å². The summed E-state index contributed by atoms with van der Waals surface area (Å²) in [5, 5.41) is 10.6. The third-order valence-electron chi connectivity index (χ3n) is 3.82. The summed E-state index contributed by atoms with van der Waals surface area (Å²) in [6.07, 6.45) is -9.55. The van der Waals surface area contributed by atoms with Gasteiger partial charge in [0.1, 0.15) is 5.82 Å². The lowest BCUT2D eigenvalue weighted by Crippen LogP contribution is -2.52. The maximum Gasteiger partial charge on any atom is 0.426 e. The van der Waals surface area contributed by atoms with E-state index in [1.165, 1.54) is 0 Å². The molecule has 0 aliphatic carbocycles. The minimum Gasteiger partial charge on any atom is -0.373 e. The molecule has 2 aromatic rings. The van der Waals surface area contributed by atoms with Crippen LogP contribution in [0.5, 0.6) is 0 Å². The van der Waals surface area contributed by atoms with E-state index in [1.807, 2.05) is 4.72 Å². The van der Waals surface area contributed by atoms with E-state index in [0.717, 1.165) is 24.3 Å². The molecule has 0 aliphatic heterocycles. The highest BCUT2D eigenvalue weighted by Crippen LogP contribution is 2.33. The fraction of sp³-hybridized carbons (Fsp3) is 0.250. The lowest BCUT2D eigenvalue weighted by molar-refractivity contribution is -0.242. The van der Waals surface area contributed by atoms with Gasteiger partial charge in [0.15, 0.2) is 0 Å². The Kier molecular flexibility index (Phi) is 6.50. The molecule has 7 nitrogen and oxygen atoms in total. The first kappa shape index (κ1) is 24.7. The van der Waals surface area contributed by atoms with Crippen LogP contribution in [0, 0.1) is 0 Å². The van der Waals surface area contributed by atoms with Crippen LogP contribution in [0.4, 0.5) is 37.8 Å². The van der Waals surface area contributed by atoms with Gasteiger partial charge in [-0.25, -0.2) is 13.4 Å². The Bertz CT molecular complexity index is 1090. The van der Waals surface area contributed by atoms with Crippen molar-refractivity contribution >= 4 is 39.0 Å². The zero-order valence-electron chi connectivity index (χ0n) is 15.1. The van der Waals surface area contributed by atoms with E-state index in [1.54, 1.807) is 5.32 Å². The molecule has 170 valence electrons. The first-order valence-corrected chi connectivity index (χ1v) is 9.77. The predicted molar refractivity (Wildman–Crippen MR) is 96.8 cm³/mol. The summed E-state index contributed by atoms with van der Waals surface area (Å²) >= 11 is 5.81. The van der Waals surface area contributed by atoms with Crippen LogP contribution in [0.3, 0.4) is 0 Å². The van der Waals surface area contributed by atoms with Gasteiger partial charge in [0, 0.05) is 6.20 Å². The Balaban J connectivity index is 2.22. The van der Waals surface area contributed by atoms with Crippen LogP contribution in [-0.4, -0.2) is 36.2 Å². The molecule has 1 amide bonds. The summed E-state index contributed by atoms with van der Waals surface area (Å²) in [4.78, 5) is 14.5. The van der Waals surface area contributed by atoms with Crippen molar-refractivity contribution in [1.82, 2.24) is 4.98 Å². The van der Waals surface area contributed by atoms with Gasteiger partial charge >= 0.3 is 12.4 Å². The molecular formula is C16H12ClF6N3O4S. The molecule has 0 saturated heterocycles. The lowest BCUT2D eigenvalue weighted by atomic mass is 10.1. The van der Waals surface area contributed by atoms with E-state index in [-0.39, 0.29) is 6.92 Å². The van der Waals surface area contributed by atoms with Crippen molar-refractivity contribution in [2.45, 2.75) is 29.8 Å². The number of hydrogen-bond acceptors (Lipinski definition) is 5. The largest absolute Gasteiger partial charge is 0.426 e. The Hall–Kier alpha value is -2.58. The number of nitrogens with one attached hydrogen (secondary N) is 2. The summed E-state index contributed by atoms with van der Waals surface area (Å²) in [7, 11) is -4.40. The van der Waals surface area contributed by atoms with Crippen LogP contribution in [0.25, 0.3) is 0 Å². The summed E-state index contributed by atoms with van der Waals surface area (Å²) in [6.45, 7) is 0.218. The molecule has 3 N–H and O–H groups in total. The van der Waals surface area contributed by atoms with Crippen molar-refractivity contribution in [3.63, 3.8) is 0 Å². The number of aromatic nitrogens is 1. The van der Waals surface area contributed by atoms with Gasteiger partial charge in [0.25, 0.3) is 15.9 Å². The third-order valence-corrected chi connectivity index (χ3v) is 5.49. The van der Waals surface area contributed by atoms with Crippen molar-refractivity contribution in [3.05, 3.63) is 47.1 Å². The summed E-state index contributed by atoms with van der Waals surface area (Å²) in [6, 6.07) is 3.86. The van der Waals surface area contributed by atoms with Crippen molar-refractivity contribution in [3.8, 4) is 0 Å². The Morgan fingerprint density at radius 1 is 1.10 bits per heavy atom. The topological polar surface area (TPSA) is 108 Å². The molecule has 0 spiro atoms. The van der Waals surface area contributed by atoms with Crippen LogP contribution in [0.1, 0.15) is 12.5 Å². The monoisotopic (exact) mass is 491 g/mol. The molecule has 15 heteroatoms. The van der Waals surface area contributed by atoms with Crippen LogP contribution < -0.4 is 10.0 Å². The molecule has 31 heavy (non-hydrogen) atoms. The van der Waals surface area contributed by atoms with E-state index < -0.39 is 60.9 Å². The maximum atomic E-state index is 12.7. The number of anilines is 2. The summed E-state index contributed by atoms with van der Waals surface area (Å²) < 4.78 is 102. The molecule has 2 rings (SSSR count). The summed E-state index contributed by atoms with van der Waals surface area (Å²) in [5.41, 5.74) is -5.27. The van der Waals surface area contributed by atoms with Crippen LogP contribution in [0.15, 0.2) is 41.4 Å². The van der Waals surface area contributed by atoms with Gasteiger partial charge in [-0.2, -0.15) is 26.3 Å². The van der Waals surface area contributed by atoms with E-state index >= 15 is 0 Å². The van der Waals surface area contributed by atoms with E-state index in [0.29, 0.717) is 12.3 Å². The second-order valence-corrected chi connectivity index (χ2v) is 8.29. The smallest absolute Gasteiger partial charge is 0.373 e. The second kappa shape index (κ2) is 8.16. The quantitative estimate of drug-likeness (QED) is 0.551. The Morgan fingerprint density at radius 3 is 2.16 bits per heavy atom. The number of amides is 1. The van der Waals surface area contributed by atoms with Gasteiger partial charge in [0.2, 0.25) is 5.60 Å². The number of halogens is 7.